The molecular formula is C21H25NO4. The molecule has 1 unspecified atom stereocenters. The van der Waals surface area contributed by atoms with Crippen LogP contribution in [0.25, 0.3) is 0 Å². The zero-order valence-electron chi connectivity index (χ0n) is 15.7. The van der Waals surface area contributed by atoms with Gasteiger partial charge in [-0.05, 0) is 40.1 Å². The lowest BCUT2D eigenvalue weighted by molar-refractivity contribution is -0.147. The Kier molecular flexibility index (Phi) is 4.92. The summed E-state index contributed by atoms with van der Waals surface area (Å²) in [5.74, 6) is 0.777. The molecule has 1 aliphatic rings. The first-order chi connectivity index (χ1) is 12.3. The normalized spacial score (nSPS) is 15.8. The molecule has 1 heterocycles. The highest BCUT2D eigenvalue weighted by atomic mass is 16.5. The van der Waals surface area contributed by atoms with Gasteiger partial charge in [-0.15, -0.1) is 0 Å². The Morgan fingerprint density at radius 3 is 2.54 bits per heavy atom. The highest BCUT2D eigenvalue weighted by molar-refractivity contribution is 5.78. The van der Waals surface area contributed by atoms with Crippen molar-refractivity contribution in [1.29, 1.82) is 0 Å². The fraction of sp³-hybridized carbons (Fsp3) is 0.381. The quantitative estimate of drug-likeness (QED) is 0.849. The van der Waals surface area contributed by atoms with Gasteiger partial charge in [0.25, 0.3) is 0 Å². The molecule has 5 heteroatoms. The van der Waals surface area contributed by atoms with Gasteiger partial charge in [-0.2, -0.15) is 0 Å². The van der Waals surface area contributed by atoms with Crippen molar-refractivity contribution >= 4 is 5.97 Å². The molecule has 0 amide bonds. The molecule has 3 rings (SSSR count). The first-order valence-corrected chi connectivity index (χ1v) is 8.73. The lowest BCUT2D eigenvalue weighted by Gasteiger charge is -2.37. The van der Waals surface area contributed by atoms with Crippen LogP contribution < -0.4 is 9.47 Å². The summed E-state index contributed by atoms with van der Waals surface area (Å²) in [5.41, 5.74) is 0.743. The van der Waals surface area contributed by atoms with Crippen molar-refractivity contribution < 1.29 is 19.4 Å². The maximum Gasteiger partial charge on any atom is 0.310 e. The minimum absolute atomic E-state index is 0.322. The largest absolute Gasteiger partial charge is 0.488 e. The van der Waals surface area contributed by atoms with Gasteiger partial charge in [0.2, 0.25) is 0 Å². The van der Waals surface area contributed by atoms with E-state index in [1.165, 1.54) is 0 Å². The van der Waals surface area contributed by atoms with Crippen LogP contribution in [0.2, 0.25) is 0 Å². The maximum atomic E-state index is 12.0. The molecule has 0 aromatic heterocycles. The number of nitrogens with zero attached hydrogens (tertiary/aromatic N) is 1. The lowest BCUT2D eigenvalue weighted by Crippen LogP contribution is -2.33. The average molecular weight is 355 g/mol. The van der Waals surface area contributed by atoms with E-state index >= 15 is 0 Å². The molecule has 26 heavy (non-hydrogen) atoms. The summed E-state index contributed by atoms with van der Waals surface area (Å²) in [5, 5.41) is 9.84. The molecule has 1 atom stereocenters. The van der Waals surface area contributed by atoms with Crippen LogP contribution in [0.15, 0.2) is 42.5 Å². The number of hydrogen-bond acceptors (Lipinski definition) is 4. The number of fused-ring (bicyclic) bond motifs is 2. The smallest absolute Gasteiger partial charge is 0.310 e. The Morgan fingerprint density at radius 1 is 1.15 bits per heavy atom. The fourth-order valence-corrected chi connectivity index (χ4v) is 3.31. The van der Waals surface area contributed by atoms with Gasteiger partial charge in [0, 0.05) is 23.6 Å². The van der Waals surface area contributed by atoms with Crippen molar-refractivity contribution in [3.05, 3.63) is 53.6 Å². The second kappa shape index (κ2) is 7.00. The van der Waals surface area contributed by atoms with E-state index in [-0.39, 0.29) is 5.92 Å². The number of hydrogen-bond donors (Lipinski definition) is 1. The van der Waals surface area contributed by atoms with Crippen molar-refractivity contribution in [3.63, 3.8) is 0 Å². The third kappa shape index (κ3) is 3.27. The highest BCUT2D eigenvalue weighted by Gasteiger charge is 2.44. The Bertz CT molecular complexity index is 813. The number of aliphatic carboxylic acids is 1. The van der Waals surface area contributed by atoms with E-state index in [2.05, 4.69) is 0 Å². The maximum absolute atomic E-state index is 12.0. The van der Waals surface area contributed by atoms with Gasteiger partial charge in [-0.25, -0.2) is 0 Å². The van der Waals surface area contributed by atoms with Gasteiger partial charge < -0.3 is 19.5 Å². The van der Waals surface area contributed by atoms with E-state index in [1.807, 2.05) is 61.5 Å². The van der Waals surface area contributed by atoms with E-state index in [1.54, 1.807) is 13.8 Å². The van der Waals surface area contributed by atoms with Crippen molar-refractivity contribution in [2.24, 2.45) is 5.41 Å². The third-order valence-corrected chi connectivity index (χ3v) is 4.83. The Labute approximate surface area is 154 Å². The Hall–Kier alpha value is -2.53. The second-order valence-electron chi connectivity index (χ2n) is 7.43. The number of carboxylic acids is 1. The van der Waals surface area contributed by atoms with Crippen molar-refractivity contribution in [3.8, 4) is 17.2 Å². The molecule has 0 radical (unpaired) electrons. The molecule has 0 bridgehead atoms. The molecule has 1 aliphatic heterocycles. The number of para-hydroxylation sites is 2. The van der Waals surface area contributed by atoms with Crippen molar-refractivity contribution in [1.82, 2.24) is 4.90 Å². The Balaban J connectivity index is 2.07. The van der Waals surface area contributed by atoms with Gasteiger partial charge in [-0.3, -0.25) is 4.79 Å². The lowest BCUT2D eigenvalue weighted by atomic mass is 9.70. The van der Waals surface area contributed by atoms with Crippen molar-refractivity contribution in [2.75, 3.05) is 27.2 Å². The molecular weight excluding hydrogens is 330 g/mol. The van der Waals surface area contributed by atoms with E-state index < -0.39 is 11.4 Å². The summed E-state index contributed by atoms with van der Waals surface area (Å²) in [4.78, 5) is 14.0. The molecule has 0 saturated carbocycles. The Morgan fingerprint density at radius 2 is 1.85 bits per heavy atom. The summed E-state index contributed by atoms with van der Waals surface area (Å²) < 4.78 is 12.1. The van der Waals surface area contributed by atoms with Crippen LogP contribution in [0.1, 0.15) is 30.9 Å². The van der Waals surface area contributed by atoms with Gasteiger partial charge >= 0.3 is 5.97 Å². The van der Waals surface area contributed by atoms with Crippen LogP contribution in [0.4, 0.5) is 0 Å². The van der Waals surface area contributed by atoms with Crippen LogP contribution in [-0.4, -0.2) is 43.2 Å². The molecule has 0 aliphatic carbocycles. The zero-order chi connectivity index (χ0) is 18.9. The molecule has 0 fully saturated rings. The standard InChI is InChI=1S/C21H25NO4/c1-21(2,20(23)24)18-14-8-5-6-10-16(14)26-19-15(18)9-7-11-17(19)25-13-12-22(3)4/h5-11,18H,12-13H2,1-4H3,(H,23,24). The molecule has 2 aromatic rings. The van der Waals surface area contributed by atoms with Crippen molar-refractivity contribution in [2.45, 2.75) is 19.8 Å². The monoisotopic (exact) mass is 355 g/mol. The molecule has 2 aromatic carbocycles. The van der Waals surface area contributed by atoms with Crippen LogP contribution in [0.3, 0.4) is 0 Å². The van der Waals surface area contributed by atoms with Gasteiger partial charge in [0.15, 0.2) is 11.5 Å². The molecule has 138 valence electrons. The van der Waals surface area contributed by atoms with E-state index in [9.17, 15) is 9.90 Å². The van der Waals surface area contributed by atoms with E-state index in [0.29, 0.717) is 23.9 Å². The molecule has 0 saturated heterocycles. The van der Waals surface area contributed by atoms with Crippen LogP contribution in [0.5, 0.6) is 17.2 Å². The number of carbonyl (C=O) groups is 1. The fourth-order valence-electron chi connectivity index (χ4n) is 3.31. The summed E-state index contributed by atoms with van der Waals surface area (Å²) >= 11 is 0. The van der Waals surface area contributed by atoms with Crippen LogP contribution in [-0.2, 0) is 4.79 Å². The first kappa shape index (κ1) is 18.3. The van der Waals surface area contributed by atoms with Crippen LogP contribution >= 0.6 is 0 Å². The minimum atomic E-state index is -0.989. The number of carboxylic acid groups (broad SMARTS) is 1. The van der Waals surface area contributed by atoms with Gasteiger partial charge in [0.05, 0.1) is 5.41 Å². The van der Waals surface area contributed by atoms with E-state index in [4.69, 9.17) is 9.47 Å². The highest BCUT2D eigenvalue weighted by Crippen LogP contribution is 2.54. The van der Waals surface area contributed by atoms with Gasteiger partial charge in [0.1, 0.15) is 12.4 Å². The van der Waals surface area contributed by atoms with Crippen LogP contribution in [0, 0.1) is 5.41 Å². The average Bonchev–Trinajstić information content (AvgIpc) is 2.59. The topological polar surface area (TPSA) is 59.0 Å². The summed E-state index contributed by atoms with van der Waals surface area (Å²) in [6.45, 7) is 4.82. The molecule has 0 spiro atoms. The summed E-state index contributed by atoms with van der Waals surface area (Å²) in [6, 6.07) is 13.3. The second-order valence-corrected chi connectivity index (χ2v) is 7.43. The molecule has 1 N–H and O–H groups in total. The first-order valence-electron chi connectivity index (χ1n) is 8.73. The number of rotatable bonds is 6. The summed E-state index contributed by atoms with van der Waals surface area (Å²) in [6.07, 6.45) is 0. The third-order valence-electron chi connectivity index (χ3n) is 4.83. The zero-order valence-corrected chi connectivity index (χ0v) is 15.7. The van der Waals surface area contributed by atoms with Gasteiger partial charge in [-0.1, -0.05) is 30.3 Å². The van der Waals surface area contributed by atoms with E-state index in [0.717, 1.165) is 17.7 Å². The predicted molar refractivity (Wildman–Crippen MR) is 100 cm³/mol. The minimum Gasteiger partial charge on any atom is -0.488 e. The number of benzene rings is 2. The summed E-state index contributed by atoms with van der Waals surface area (Å²) in [7, 11) is 3.98. The number of likely N-dealkylation sites (N-methyl/N-ethyl adjacent to an activating group) is 1. The number of ether oxygens (including phenoxy) is 2. The molecule has 5 nitrogen and oxygen atoms in total. The predicted octanol–water partition coefficient (Wildman–Crippen LogP) is 3.98. The SMILES string of the molecule is CN(C)CCOc1cccc2c1Oc1ccccc1C2C(C)(C)C(=O)O.